The van der Waals surface area contributed by atoms with Crippen LogP contribution in [0.5, 0.6) is 0 Å². The van der Waals surface area contributed by atoms with Gasteiger partial charge in [0.05, 0.1) is 6.61 Å². The van der Waals surface area contributed by atoms with Gasteiger partial charge in [0, 0.05) is 13.1 Å². The lowest BCUT2D eigenvalue weighted by Crippen LogP contribution is -2.59. The number of piperazine rings is 1. The van der Waals surface area contributed by atoms with Gasteiger partial charge in [-0.3, -0.25) is 14.4 Å². The number of nitrogens with one attached hydrogen (secondary N) is 1. The molecule has 7 heteroatoms. The first-order valence-electron chi connectivity index (χ1n) is 6.09. The maximum absolute atomic E-state index is 12.1. The number of aliphatic hydroxyl groups excluding tert-OH is 1. The molecule has 1 unspecified atom stereocenters. The molecule has 100 valence electrons. The number of fused-ring (bicyclic) bond motifs is 1. The Bertz CT molecular complexity index is 371. The van der Waals surface area contributed by atoms with Crippen LogP contribution in [0.3, 0.4) is 0 Å². The van der Waals surface area contributed by atoms with Crippen LogP contribution in [-0.4, -0.2) is 71.5 Å². The Morgan fingerprint density at radius 3 is 2.94 bits per heavy atom. The Labute approximate surface area is 105 Å². The van der Waals surface area contributed by atoms with E-state index in [1.165, 1.54) is 4.90 Å². The Morgan fingerprint density at radius 2 is 2.22 bits per heavy atom. The highest BCUT2D eigenvalue weighted by Crippen LogP contribution is 2.23. The second-order valence-electron chi connectivity index (χ2n) is 4.51. The molecular weight excluding hydrogens is 238 g/mol. The first kappa shape index (κ1) is 12.8. The van der Waals surface area contributed by atoms with Crippen molar-refractivity contribution in [2.24, 2.45) is 0 Å². The number of nitrogens with zero attached hydrogens (tertiary/aromatic N) is 2. The molecular formula is C11H17N3O4. The molecule has 2 fully saturated rings. The van der Waals surface area contributed by atoms with E-state index in [2.05, 4.69) is 5.32 Å². The van der Waals surface area contributed by atoms with Gasteiger partial charge in [-0.2, -0.15) is 0 Å². The molecule has 0 aromatic rings. The Balaban J connectivity index is 1.95. The van der Waals surface area contributed by atoms with Gasteiger partial charge in [-0.15, -0.1) is 0 Å². The summed E-state index contributed by atoms with van der Waals surface area (Å²) in [6, 6.07) is -0.378. The molecule has 0 bridgehead atoms. The van der Waals surface area contributed by atoms with Crippen molar-refractivity contribution in [3.05, 3.63) is 0 Å². The van der Waals surface area contributed by atoms with Crippen LogP contribution in [0.4, 0.5) is 0 Å². The van der Waals surface area contributed by atoms with Crippen molar-refractivity contribution in [3.8, 4) is 0 Å². The number of amides is 3. The summed E-state index contributed by atoms with van der Waals surface area (Å²) in [5.74, 6) is -0.588. The molecule has 0 aromatic heterocycles. The number of carbonyl (C=O) groups excluding carboxylic acids is 3. The van der Waals surface area contributed by atoms with Crippen molar-refractivity contribution in [1.82, 2.24) is 15.1 Å². The quantitative estimate of drug-likeness (QED) is 0.604. The van der Waals surface area contributed by atoms with Crippen molar-refractivity contribution in [3.63, 3.8) is 0 Å². The molecule has 0 spiro atoms. The van der Waals surface area contributed by atoms with Crippen LogP contribution in [0.1, 0.15) is 12.8 Å². The first-order valence-corrected chi connectivity index (χ1v) is 6.09. The molecule has 2 aliphatic heterocycles. The Kier molecular flexibility index (Phi) is 3.81. The lowest BCUT2D eigenvalue weighted by Gasteiger charge is -2.35. The van der Waals surface area contributed by atoms with Gasteiger partial charge in [-0.25, -0.2) is 0 Å². The molecule has 0 saturated carbocycles. The standard InChI is InChI=1S/C11H17N3O4/c15-5-3-12-9(16)6-13-7-10(17)14-4-1-2-8(14)11(13)18/h8,15H,1-7H2,(H,12,16). The van der Waals surface area contributed by atoms with E-state index in [-0.39, 0.29) is 50.0 Å². The second-order valence-corrected chi connectivity index (χ2v) is 4.51. The topological polar surface area (TPSA) is 90.0 Å². The van der Waals surface area contributed by atoms with E-state index in [0.29, 0.717) is 13.0 Å². The highest BCUT2D eigenvalue weighted by Gasteiger charge is 2.42. The number of hydrogen-bond donors (Lipinski definition) is 2. The largest absolute Gasteiger partial charge is 0.395 e. The molecule has 0 aromatic carbocycles. The van der Waals surface area contributed by atoms with Crippen LogP contribution in [0.15, 0.2) is 0 Å². The van der Waals surface area contributed by atoms with Gasteiger partial charge in [-0.05, 0) is 12.8 Å². The van der Waals surface area contributed by atoms with E-state index in [4.69, 9.17) is 5.11 Å². The zero-order chi connectivity index (χ0) is 13.1. The molecule has 2 rings (SSSR count). The Hall–Kier alpha value is -1.63. The third kappa shape index (κ3) is 2.45. The SMILES string of the molecule is O=C(CN1CC(=O)N2CCCC2C1=O)NCCO. The van der Waals surface area contributed by atoms with E-state index in [1.54, 1.807) is 4.90 Å². The fraction of sp³-hybridized carbons (Fsp3) is 0.727. The summed E-state index contributed by atoms with van der Waals surface area (Å²) < 4.78 is 0. The van der Waals surface area contributed by atoms with Crippen LogP contribution in [-0.2, 0) is 14.4 Å². The van der Waals surface area contributed by atoms with E-state index in [1.807, 2.05) is 0 Å². The van der Waals surface area contributed by atoms with Crippen LogP contribution in [0, 0.1) is 0 Å². The molecule has 0 radical (unpaired) electrons. The van der Waals surface area contributed by atoms with Gasteiger partial charge in [-0.1, -0.05) is 0 Å². The van der Waals surface area contributed by atoms with Crippen LogP contribution >= 0.6 is 0 Å². The maximum Gasteiger partial charge on any atom is 0.246 e. The smallest absolute Gasteiger partial charge is 0.246 e. The van der Waals surface area contributed by atoms with Gasteiger partial charge in [0.15, 0.2) is 0 Å². The highest BCUT2D eigenvalue weighted by atomic mass is 16.3. The number of aliphatic hydroxyl groups is 1. The minimum absolute atomic E-state index is 0.0259. The van der Waals surface area contributed by atoms with E-state index in [0.717, 1.165) is 6.42 Å². The lowest BCUT2D eigenvalue weighted by atomic mass is 10.1. The number of hydrogen-bond acceptors (Lipinski definition) is 4. The first-order chi connectivity index (χ1) is 8.63. The summed E-state index contributed by atoms with van der Waals surface area (Å²) in [5.41, 5.74) is 0. The molecule has 7 nitrogen and oxygen atoms in total. The van der Waals surface area contributed by atoms with Crippen molar-refractivity contribution in [1.29, 1.82) is 0 Å². The third-order valence-corrected chi connectivity index (χ3v) is 3.26. The monoisotopic (exact) mass is 255 g/mol. The summed E-state index contributed by atoms with van der Waals surface area (Å²) in [6.07, 6.45) is 1.52. The van der Waals surface area contributed by atoms with Gasteiger partial charge in [0.25, 0.3) is 0 Å². The second kappa shape index (κ2) is 5.34. The Morgan fingerprint density at radius 1 is 1.44 bits per heavy atom. The highest BCUT2D eigenvalue weighted by molar-refractivity contribution is 5.97. The molecule has 3 amide bonds. The average molecular weight is 255 g/mol. The predicted molar refractivity (Wildman–Crippen MR) is 61.4 cm³/mol. The molecule has 0 aliphatic carbocycles. The van der Waals surface area contributed by atoms with Crippen LogP contribution < -0.4 is 5.32 Å². The zero-order valence-electron chi connectivity index (χ0n) is 10.1. The van der Waals surface area contributed by atoms with Crippen LogP contribution in [0.2, 0.25) is 0 Å². The van der Waals surface area contributed by atoms with Gasteiger partial charge in [0.1, 0.15) is 19.1 Å². The van der Waals surface area contributed by atoms with Crippen LogP contribution in [0.25, 0.3) is 0 Å². The van der Waals surface area contributed by atoms with Gasteiger partial charge in [0.2, 0.25) is 17.7 Å². The predicted octanol–water partition coefficient (Wildman–Crippen LogP) is -2.07. The summed E-state index contributed by atoms with van der Waals surface area (Å²) in [5, 5.41) is 11.0. The van der Waals surface area contributed by atoms with E-state index < -0.39 is 0 Å². The average Bonchev–Trinajstić information content (AvgIpc) is 2.83. The minimum Gasteiger partial charge on any atom is -0.395 e. The number of carbonyl (C=O) groups is 3. The lowest BCUT2D eigenvalue weighted by molar-refractivity contribution is -0.154. The molecule has 18 heavy (non-hydrogen) atoms. The van der Waals surface area contributed by atoms with E-state index in [9.17, 15) is 14.4 Å². The maximum atomic E-state index is 12.1. The fourth-order valence-electron chi connectivity index (χ4n) is 2.42. The summed E-state index contributed by atoms with van der Waals surface area (Å²) in [4.78, 5) is 38.2. The molecule has 1 atom stereocenters. The van der Waals surface area contributed by atoms with Gasteiger partial charge < -0.3 is 20.2 Å². The summed E-state index contributed by atoms with van der Waals surface area (Å²) in [7, 11) is 0. The van der Waals surface area contributed by atoms with Crippen molar-refractivity contribution in [2.75, 3.05) is 32.8 Å². The minimum atomic E-state index is -0.378. The van der Waals surface area contributed by atoms with Crippen molar-refractivity contribution in [2.45, 2.75) is 18.9 Å². The van der Waals surface area contributed by atoms with Gasteiger partial charge >= 0.3 is 0 Å². The zero-order valence-corrected chi connectivity index (χ0v) is 10.1. The third-order valence-electron chi connectivity index (χ3n) is 3.26. The van der Waals surface area contributed by atoms with E-state index >= 15 is 0 Å². The molecule has 2 saturated heterocycles. The normalized spacial score (nSPS) is 23.3. The fourth-order valence-corrected chi connectivity index (χ4v) is 2.42. The molecule has 2 heterocycles. The summed E-state index contributed by atoms with van der Waals surface area (Å²) >= 11 is 0. The molecule has 2 aliphatic rings. The van der Waals surface area contributed by atoms with Crippen molar-refractivity contribution >= 4 is 17.7 Å². The molecule has 2 N–H and O–H groups in total. The van der Waals surface area contributed by atoms with Crippen molar-refractivity contribution < 1.29 is 19.5 Å². The summed E-state index contributed by atoms with van der Waals surface area (Å²) in [6.45, 7) is 0.510. The number of rotatable bonds is 4.